The van der Waals surface area contributed by atoms with Crippen molar-refractivity contribution in [2.24, 2.45) is 5.73 Å². The summed E-state index contributed by atoms with van der Waals surface area (Å²) in [6, 6.07) is 7.22. The fourth-order valence-corrected chi connectivity index (χ4v) is 5.00. The number of aryl methyl sites for hydroxylation is 1. The minimum atomic E-state index is -4.45. The van der Waals surface area contributed by atoms with Gasteiger partial charge in [0.1, 0.15) is 46.4 Å². The highest BCUT2D eigenvalue weighted by Gasteiger charge is 2.22. The number of methoxy groups -OCH3 is 1. The zero-order chi connectivity index (χ0) is 29.4. The zero-order valence-corrected chi connectivity index (χ0v) is 23.2. The van der Waals surface area contributed by atoms with E-state index in [2.05, 4.69) is 19.7 Å². The number of fused-ring (bicyclic) bond motifs is 1. The third-order valence-electron chi connectivity index (χ3n) is 5.83. The molecule has 0 amide bonds. The number of aromatic nitrogens is 3. The van der Waals surface area contributed by atoms with Gasteiger partial charge in [-0.1, -0.05) is 0 Å². The Hall–Kier alpha value is -3.98. The molecule has 0 saturated carbocycles. The highest BCUT2D eigenvalue weighted by Crippen LogP contribution is 2.35. The van der Waals surface area contributed by atoms with Crippen molar-refractivity contribution >= 4 is 26.6 Å². The van der Waals surface area contributed by atoms with Crippen LogP contribution in [0.1, 0.15) is 5.69 Å². The molecular formula is C27H29F2N5O6S. The Morgan fingerprint density at radius 1 is 0.927 bits per heavy atom. The molecule has 0 radical (unpaired) electrons. The smallest absolute Gasteiger partial charge is 0.264 e. The normalized spacial score (nSPS) is 11.5. The van der Waals surface area contributed by atoms with E-state index < -0.39 is 26.6 Å². The number of pyridine rings is 1. The van der Waals surface area contributed by atoms with E-state index in [1.165, 1.54) is 25.7 Å². The van der Waals surface area contributed by atoms with Gasteiger partial charge in [0.2, 0.25) is 5.88 Å². The molecule has 41 heavy (non-hydrogen) atoms. The highest BCUT2D eigenvalue weighted by molar-refractivity contribution is 7.92. The van der Waals surface area contributed by atoms with Gasteiger partial charge in [-0.15, -0.1) is 0 Å². The molecule has 4 rings (SSSR count). The second kappa shape index (κ2) is 13.6. The average Bonchev–Trinajstić information content (AvgIpc) is 2.94. The maximum atomic E-state index is 14.3. The summed E-state index contributed by atoms with van der Waals surface area (Å²) < 4.78 is 77.8. The molecule has 2 aromatic carbocycles. The van der Waals surface area contributed by atoms with Crippen molar-refractivity contribution in [1.29, 1.82) is 0 Å². The number of nitrogens with zero attached hydrogens (tertiary/aromatic N) is 3. The Kier molecular flexibility index (Phi) is 9.94. The molecule has 14 heteroatoms. The Labute approximate surface area is 235 Å². The predicted octanol–water partition coefficient (Wildman–Crippen LogP) is 3.46. The Morgan fingerprint density at radius 2 is 1.68 bits per heavy atom. The van der Waals surface area contributed by atoms with Crippen molar-refractivity contribution < 1.29 is 36.1 Å². The van der Waals surface area contributed by atoms with Gasteiger partial charge in [0.05, 0.1) is 33.5 Å². The lowest BCUT2D eigenvalue weighted by molar-refractivity contribution is 0.0389. The van der Waals surface area contributed by atoms with Crippen LogP contribution in [0.2, 0.25) is 0 Å². The SMILES string of the molecule is COc1ncc(-c2cc(OCCOCCOCCN)c3ncnc(C)c3c2)cc1NS(=O)(=O)c1ccc(F)cc1F. The summed E-state index contributed by atoms with van der Waals surface area (Å²) in [7, 11) is -3.14. The lowest BCUT2D eigenvalue weighted by Crippen LogP contribution is -2.16. The quantitative estimate of drug-likeness (QED) is 0.210. The first-order valence-corrected chi connectivity index (χ1v) is 14.0. The summed E-state index contributed by atoms with van der Waals surface area (Å²) in [5.74, 6) is -1.74. The Morgan fingerprint density at radius 3 is 2.41 bits per heavy atom. The molecule has 11 nitrogen and oxygen atoms in total. The number of sulfonamides is 1. The molecule has 4 aromatic rings. The zero-order valence-electron chi connectivity index (χ0n) is 22.4. The molecule has 0 saturated heterocycles. The number of hydrogen-bond acceptors (Lipinski definition) is 10. The largest absolute Gasteiger partial charge is 0.489 e. The van der Waals surface area contributed by atoms with Gasteiger partial charge in [0.15, 0.2) is 0 Å². The first-order valence-electron chi connectivity index (χ1n) is 12.5. The monoisotopic (exact) mass is 589 g/mol. The number of nitrogens with two attached hydrogens (primary N) is 1. The van der Waals surface area contributed by atoms with Crippen molar-refractivity contribution in [1.82, 2.24) is 15.0 Å². The van der Waals surface area contributed by atoms with E-state index in [4.69, 9.17) is 24.7 Å². The molecule has 0 bridgehead atoms. The van der Waals surface area contributed by atoms with Crippen LogP contribution in [0.4, 0.5) is 14.5 Å². The number of ether oxygens (including phenoxy) is 4. The van der Waals surface area contributed by atoms with Crippen molar-refractivity contribution in [3.8, 4) is 22.8 Å². The van der Waals surface area contributed by atoms with Crippen molar-refractivity contribution in [3.05, 3.63) is 66.3 Å². The first-order chi connectivity index (χ1) is 19.7. The van der Waals surface area contributed by atoms with Gasteiger partial charge in [-0.25, -0.2) is 32.2 Å². The Bertz CT molecular complexity index is 1620. The fourth-order valence-electron chi connectivity index (χ4n) is 3.89. The van der Waals surface area contributed by atoms with Crippen LogP contribution in [0.5, 0.6) is 11.6 Å². The molecule has 0 aliphatic carbocycles. The lowest BCUT2D eigenvalue weighted by Gasteiger charge is -2.15. The summed E-state index contributed by atoms with van der Waals surface area (Å²) in [5.41, 5.74) is 7.73. The third-order valence-corrected chi connectivity index (χ3v) is 7.23. The van der Waals surface area contributed by atoms with Crippen LogP contribution in [0, 0.1) is 18.6 Å². The predicted molar refractivity (Wildman–Crippen MR) is 147 cm³/mol. The standard InChI is InChI=1S/C27H29F2N5O6S/c1-17-21-11-18(13-24(26(21)33-16-32-17)40-10-9-39-8-7-38-6-5-30)19-12-23(27(37-2)31-15-19)34-41(35,36)25-4-3-20(28)14-22(25)29/h3-4,11-16,34H,5-10,30H2,1-2H3. The van der Waals surface area contributed by atoms with E-state index in [0.717, 1.165) is 12.1 Å². The topological polar surface area (TPSA) is 148 Å². The average molecular weight is 590 g/mol. The third kappa shape index (κ3) is 7.41. The molecule has 2 aromatic heterocycles. The number of halogens is 2. The lowest BCUT2D eigenvalue weighted by atomic mass is 10.0. The van der Waals surface area contributed by atoms with Crippen LogP contribution in [0.3, 0.4) is 0 Å². The van der Waals surface area contributed by atoms with Gasteiger partial charge in [-0.3, -0.25) is 4.72 Å². The maximum absolute atomic E-state index is 14.3. The maximum Gasteiger partial charge on any atom is 0.264 e. The summed E-state index contributed by atoms with van der Waals surface area (Å²) in [4.78, 5) is 12.1. The van der Waals surface area contributed by atoms with Crippen molar-refractivity contribution in [3.63, 3.8) is 0 Å². The summed E-state index contributed by atoms with van der Waals surface area (Å²) >= 11 is 0. The molecule has 0 spiro atoms. The summed E-state index contributed by atoms with van der Waals surface area (Å²) in [5, 5.41) is 0.711. The molecular weight excluding hydrogens is 560 g/mol. The van der Waals surface area contributed by atoms with Gasteiger partial charge in [0, 0.05) is 35.5 Å². The van der Waals surface area contributed by atoms with E-state index >= 15 is 0 Å². The van der Waals surface area contributed by atoms with Crippen LogP contribution < -0.4 is 19.9 Å². The molecule has 0 unspecified atom stereocenters. The minimum Gasteiger partial charge on any atom is -0.489 e. The summed E-state index contributed by atoms with van der Waals surface area (Å²) in [6.07, 6.45) is 2.93. The molecule has 2 heterocycles. The van der Waals surface area contributed by atoms with Crippen molar-refractivity contribution in [2.45, 2.75) is 11.8 Å². The van der Waals surface area contributed by atoms with Gasteiger partial charge in [-0.05, 0) is 42.8 Å². The van der Waals surface area contributed by atoms with Gasteiger partial charge in [0.25, 0.3) is 10.0 Å². The molecule has 3 N–H and O–H groups in total. The van der Waals surface area contributed by atoms with E-state index in [-0.39, 0.29) is 18.2 Å². The number of nitrogens with one attached hydrogen (secondary N) is 1. The van der Waals surface area contributed by atoms with E-state index in [1.807, 2.05) is 13.0 Å². The van der Waals surface area contributed by atoms with Gasteiger partial charge >= 0.3 is 0 Å². The molecule has 0 aliphatic rings. The molecule has 0 aliphatic heterocycles. The van der Waals surface area contributed by atoms with E-state index in [1.54, 1.807) is 6.07 Å². The number of benzene rings is 2. The molecule has 0 atom stereocenters. The second-order valence-corrected chi connectivity index (χ2v) is 10.3. The first kappa shape index (κ1) is 30.0. The van der Waals surface area contributed by atoms with Gasteiger partial charge in [-0.2, -0.15) is 0 Å². The number of rotatable bonds is 14. The van der Waals surface area contributed by atoms with Crippen LogP contribution in [0.25, 0.3) is 22.0 Å². The van der Waals surface area contributed by atoms with Crippen LogP contribution in [-0.2, 0) is 19.5 Å². The van der Waals surface area contributed by atoms with Crippen LogP contribution >= 0.6 is 0 Å². The fraction of sp³-hybridized carbons (Fsp3) is 0.296. The van der Waals surface area contributed by atoms with Gasteiger partial charge < -0.3 is 24.7 Å². The van der Waals surface area contributed by atoms with E-state index in [0.29, 0.717) is 72.5 Å². The Balaban J connectivity index is 1.63. The number of hydrogen-bond donors (Lipinski definition) is 2. The molecule has 218 valence electrons. The highest BCUT2D eigenvalue weighted by atomic mass is 32.2. The van der Waals surface area contributed by atoms with Crippen LogP contribution in [0.15, 0.2) is 53.8 Å². The minimum absolute atomic E-state index is 0.0517. The second-order valence-electron chi connectivity index (χ2n) is 8.65. The summed E-state index contributed by atoms with van der Waals surface area (Å²) in [6.45, 7) is 4.08. The number of anilines is 1. The van der Waals surface area contributed by atoms with E-state index in [9.17, 15) is 17.2 Å². The molecule has 0 fully saturated rings. The van der Waals surface area contributed by atoms with Crippen molar-refractivity contribution in [2.75, 3.05) is 51.4 Å². The van der Waals surface area contributed by atoms with Crippen LogP contribution in [-0.4, -0.2) is 70.1 Å².